The van der Waals surface area contributed by atoms with Crippen molar-refractivity contribution in [3.8, 4) is 0 Å². The van der Waals surface area contributed by atoms with E-state index in [9.17, 15) is 18.0 Å². The maximum Gasteiger partial charge on any atom is 0.264 e. The fraction of sp³-hybridized carbons (Fsp3) is 0.412. The van der Waals surface area contributed by atoms with Crippen molar-refractivity contribution in [1.82, 2.24) is 10.2 Å². The largest absolute Gasteiger partial charge is 0.352 e. The number of carbonyl (C=O) groups is 2. The minimum absolute atomic E-state index is 0.0997. The highest BCUT2D eigenvalue weighted by Gasteiger charge is 2.34. The fourth-order valence-electron chi connectivity index (χ4n) is 5.70. The average Bonchev–Trinajstić information content (AvgIpc) is 2.96. The second kappa shape index (κ2) is 14.0. The topological polar surface area (TPSA) is 86.8 Å². The first-order chi connectivity index (χ1) is 20.1. The van der Waals surface area contributed by atoms with Crippen molar-refractivity contribution in [3.05, 3.63) is 95.1 Å². The molecule has 1 aliphatic carbocycles. The van der Waals surface area contributed by atoms with Gasteiger partial charge in [-0.15, -0.1) is 0 Å². The molecule has 0 saturated heterocycles. The number of amides is 2. The quantitative estimate of drug-likeness (QED) is 0.294. The first kappa shape index (κ1) is 31.3. The number of carbonyl (C=O) groups excluding carboxylic acids is 2. The summed E-state index contributed by atoms with van der Waals surface area (Å²) in [7, 11) is -4.10. The molecule has 3 aromatic carbocycles. The number of nitrogens with one attached hydrogen (secondary N) is 1. The van der Waals surface area contributed by atoms with Gasteiger partial charge in [-0.2, -0.15) is 0 Å². The van der Waals surface area contributed by atoms with Crippen LogP contribution in [0, 0.1) is 20.8 Å². The standard InChI is InChI=1S/C34H43N3O4S/c1-5-32(34(39)35-29-14-10-7-11-15-29)36(23-28-12-8-6-9-13-28)33(38)24-37(30-21-26(3)20-27(4)22-30)42(40,41)31-18-16-25(2)17-19-31/h6,8-9,12-13,16-22,29,32H,5,7,10-11,14-15,23-24H2,1-4H3,(H,35,39). The predicted molar refractivity (Wildman–Crippen MR) is 168 cm³/mol. The summed E-state index contributed by atoms with van der Waals surface area (Å²) < 4.78 is 29.4. The zero-order valence-electron chi connectivity index (χ0n) is 25.2. The first-order valence-corrected chi connectivity index (χ1v) is 16.3. The van der Waals surface area contributed by atoms with E-state index in [2.05, 4.69) is 5.32 Å². The molecule has 7 nitrogen and oxygen atoms in total. The van der Waals surface area contributed by atoms with Gasteiger partial charge >= 0.3 is 0 Å². The molecule has 0 spiro atoms. The second-order valence-corrected chi connectivity index (χ2v) is 13.3. The van der Waals surface area contributed by atoms with Crippen LogP contribution in [-0.2, 0) is 26.2 Å². The zero-order chi connectivity index (χ0) is 30.3. The van der Waals surface area contributed by atoms with E-state index in [-0.39, 0.29) is 23.4 Å². The van der Waals surface area contributed by atoms with Crippen molar-refractivity contribution < 1.29 is 18.0 Å². The van der Waals surface area contributed by atoms with Crippen molar-refractivity contribution in [1.29, 1.82) is 0 Å². The summed E-state index contributed by atoms with van der Waals surface area (Å²) in [5, 5.41) is 3.19. The molecule has 0 aromatic heterocycles. The molecule has 4 rings (SSSR count). The molecular formula is C34H43N3O4S. The molecule has 3 aromatic rings. The molecule has 1 atom stereocenters. The van der Waals surface area contributed by atoms with Crippen molar-refractivity contribution in [2.75, 3.05) is 10.8 Å². The SMILES string of the molecule is CCC(C(=O)NC1CCCCC1)N(Cc1ccccc1)C(=O)CN(c1cc(C)cc(C)c1)S(=O)(=O)c1ccc(C)cc1. The maximum atomic E-state index is 14.3. The van der Waals surface area contributed by atoms with Crippen LogP contribution in [0.1, 0.15) is 67.7 Å². The molecule has 0 radical (unpaired) electrons. The summed E-state index contributed by atoms with van der Waals surface area (Å²) >= 11 is 0. The smallest absolute Gasteiger partial charge is 0.264 e. The van der Waals surface area contributed by atoms with Crippen LogP contribution in [0.25, 0.3) is 0 Å². The van der Waals surface area contributed by atoms with E-state index >= 15 is 0 Å². The molecule has 0 aliphatic heterocycles. The van der Waals surface area contributed by atoms with Crippen LogP contribution >= 0.6 is 0 Å². The van der Waals surface area contributed by atoms with Gasteiger partial charge in [0.25, 0.3) is 10.0 Å². The summed E-state index contributed by atoms with van der Waals surface area (Å²) in [6, 6.07) is 21.0. The van der Waals surface area contributed by atoms with E-state index in [1.165, 1.54) is 10.7 Å². The molecule has 1 N–H and O–H groups in total. The van der Waals surface area contributed by atoms with Gasteiger partial charge < -0.3 is 10.2 Å². The molecular weight excluding hydrogens is 546 g/mol. The molecule has 0 bridgehead atoms. The minimum atomic E-state index is -4.10. The Balaban J connectivity index is 1.71. The molecule has 1 unspecified atom stereocenters. The highest BCUT2D eigenvalue weighted by atomic mass is 32.2. The van der Waals surface area contributed by atoms with Gasteiger partial charge in [0.2, 0.25) is 11.8 Å². The maximum absolute atomic E-state index is 14.3. The fourth-order valence-corrected chi connectivity index (χ4v) is 7.10. The van der Waals surface area contributed by atoms with Crippen LogP contribution in [0.4, 0.5) is 5.69 Å². The average molecular weight is 590 g/mol. The number of sulfonamides is 1. The Labute approximate surface area is 251 Å². The van der Waals surface area contributed by atoms with E-state index < -0.39 is 28.5 Å². The van der Waals surface area contributed by atoms with Gasteiger partial charge in [0.15, 0.2) is 0 Å². The normalized spacial score (nSPS) is 14.7. The number of rotatable bonds is 11. The lowest BCUT2D eigenvalue weighted by Crippen LogP contribution is -2.54. The van der Waals surface area contributed by atoms with Crippen LogP contribution in [0.15, 0.2) is 77.7 Å². The van der Waals surface area contributed by atoms with E-state index in [1.807, 2.05) is 64.1 Å². The van der Waals surface area contributed by atoms with E-state index in [0.717, 1.165) is 47.9 Å². The zero-order valence-corrected chi connectivity index (χ0v) is 26.0. The molecule has 8 heteroatoms. The Kier molecular flexibility index (Phi) is 10.4. The number of hydrogen-bond acceptors (Lipinski definition) is 4. The summed E-state index contributed by atoms with van der Waals surface area (Å²) in [4.78, 5) is 29.6. The van der Waals surface area contributed by atoms with Gasteiger partial charge in [-0.3, -0.25) is 13.9 Å². The van der Waals surface area contributed by atoms with E-state index in [4.69, 9.17) is 0 Å². The monoisotopic (exact) mass is 589 g/mol. The van der Waals surface area contributed by atoms with Crippen molar-refractivity contribution in [2.45, 2.75) is 89.7 Å². The number of hydrogen-bond donors (Lipinski definition) is 1. The molecule has 224 valence electrons. The minimum Gasteiger partial charge on any atom is -0.352 e. The highest BCUT2D eigenvalue weighted by molar-refractivity contribution is 7.92. The summed E-state index contributed by atoms with van der Waals surface area (Å²) in [5.41, 5.74) is 4.00. The van der Waals surface area contributed by atoms with Gasteiger partial charge in [-0.25, -0.2) is 8.42 Å². The van der Waals surface area contributed by atoms with Crippen molar-refractivity contribution in [3.63, 3.8) is 0 Å². The van der Waals surface area contributed by atoms with E-state index in [1.54, 1.807) is 41.3 Å². The Morgan fingerprint density at radius 3 is 2.07 bits per heavy atom. The van der Waals surface area contributed by atoms with Gasteiger partial charge in [-0.05, 0) is 81.0 Å². The van der Waals surface area contributed by atoms with Gasteiger partial charge in [0, 0.05) is 12.6 Å². The van der Waals surface area contributed by atoms with Crippen molar-refractivity contribution in [2.24, 2.45) is 0 Å². The molecule has 42 heavy (non-hydrogen) atoms. The Morgan fingerprint density at radius 1 is 0.857 bits per heavy atom. The second-order valence-electron chi connectivity index (χ2n) is 11.4. The lowest BCUT2D eigenvalue weighted by Gasteiger charge is -2.34. The number of anilines is 1. The van der Waals surface area contributed by atoms with E-state index in [0.29, 0.717) is 12.1 Å². The molecule has 1 saturated carbocycles. The Morgan fingerprint density at radius 2 is 1.48 bits per heavy atom. The molecule has 2 amide bonds. The third kappa shape index (κ3) is 7.79. The number of benzene rings is 3. The summed E-state index contributed by atoms with van der Waals surface area (Å²) in [6.45, 7) is 7.35. The molecule has 1 fully saturated rings. The molecule has 0 heterocycles. The Bertz CT molecular complexity index is 1450. The number of aryl methyl sites for hydroxylation is 3. The molecule has 1 aliphatic rings. The summed E-state index contributed by atoms with van der Waals surface area (Å²) in [6.07, 6.45) is 5.61. The van der Waals surface area contributed by atoms with Gasteiger partial charge in [0.1, 0.15) is 12.6 Å². The van der Waals surface area contributed by atoms with Crippen LogP contribution in [0.2, 0.25) is 0 Å². The van der Waals surface area contributed by atoms with Crippen LogP contribution < -0.4 is 9.62 Å². The lowest BCUT2D eigenvalue weighted by atomic mass is 9.95. The first-order valence-electron chi connectivity index (χ1n) is 14.9. The van der Waals surface area contributed by atoms with Crippen LogP contribution in [0.5, 0.6) is 0 Å². The third-order valence-corrected chi connectivity index (χ3v) is 9.70. The van der Waals surface area contributed by atoms with Crippen LogP contribution in [-0.4, -0.2) is 43.8 Å². The number of nitrogens with zero attached hydrogens (tertiary/aromatic N) is 2. The van der Waals surface area contributed by atoms with Crippen LogP contribution in [0.3, 0.4) is 0 Å². The van der Waals surface area contributed by atoms with Gasteiger partial charge in [0.05, 0.1) is 10.6 Å². The lowest BCUT2D eigenvalue weighted by molar-refractivity contribution is -0.140. The van der Waals surface area contributed by atoms with Gasteiger partial charge in [-0.1, -0.05) is 80.3 Å². The van der Waals surface area contributed by atoms with Crippen molar-refractivity contribution >= 4 is 27.5 Å². The predicted octanol–water partition coefficient (Wildman–Crippen LogP) is 6.06. The summed E-state index contributed by atoms with van der Waals surface area (Å²) in [5.74, 6) is -0.618. The highest BCUT2D eigenvalue weighted by Crippen LogP contribution is 2.27. The third-order valence-electron chi connectivity index (χ3n) is 7.92. The Hall–Kier alpha value is -3.65.